The largest absolute Gasteiger partial charge is 0.324 e. The lowest BCUT2D eigenvalue weighted by atomic mass is 9.93. The summed E-state index contributed by atoms with van der Waals surface area (Å²) in [7, 11) is 0. The van der Waals surface area contributed by atoms with Gasteiger partial charge in [0.25, 0.3) is 0 Å². The summed E-state index contributed by atoms with van der Waals surface area (Å²) >= 11 is 5.92. The number of nitrogens with two attached hydrogens (primary N) is 1. The van der Waals surface area contributed by atoms with Gasteiger partial charge in [0.15, 0.2) is 0 Å². The molecule has 1 aromatic carbocycles. The molecule has 2 nitrogen and oxygen atoms in total. The van der Waals surface area contributed by atoms with Gasteiger partial charge >= 0.3 is 0 Å². The summed E-state index contributed by atoms with van der Waals surface area (Å²) in [4.78, 5) is 2.62. The summed E-state index contributed by atoms with van der Waals surface area (Å²) < 4.78 is 0. The van der Waals surface area contributed by atoms with Crippen LogP contribution in [-0.4, -0.2) is 24.0 Å². The van der Waals surface area contributed by atoms with Gasteiger partial charge in [0, 0.05) is 23.7 Å². The van der Waals surface area contributed by atoms with Crippen LogP contribution in [0.3, 0.4) is 0 Å². The van der Waals surface area contributed by atoms with Gasteiger partial charge in [0.1, 0.15) is 0 Å². The SMILES string of the molecule is CCN(CCC(N)c1ccc(Cl)cc1)C1CCCCC1. The van der Waals surface area contributed by atoms with Crippen molar-refractivity contribution in [2.24, 2.45) is 5.73 Å². The molecule has 1 unspecified atom stereocenters. The third-order valence-corrected chi connectivity index (χ3v) is 4.77. The summed E-state index contributed by atoms with van der Waals surface area (Å²) in [6, 6.07) is 8.84. The summed E-state index contributed by atoms with van der Waals surface area (Å²) in [6.07, 6.45) is 7.95. The lowest BCUT2D eigenvalue weighted by Gasteiger charge is -2.34. The molecule has 1 aromatic rings. The molecule has 0 bridgehead atoms. The minimum absolute atomic E-state index is 0.116. The van der Waals surface area contributed by atoms with Crippen molar-refractivity contribution in [3.63, 3.8) is 0 Å². The molecule has 1 aliphatic carbocycles. The molecular weight excluding hydrogens is 268 g/mol. The Labute approximate surface area is 128 Å². The van der Waals surface area contributed by atoms with Gasteiger partial charge in [0.05, 0.1) is 0 Å². The Morgan fingerprint density at radius 2 is 1.85 bits per heavy atom. The Kier molecular flexibility index (Phi) is 6.34. The van der Waals surface area contributed by atoms with E-state index in [-0.39, 0.29) is 6.04 Å². The lowest BCUT2D eigenvalue weighted by Crippen LogP contribution is -2.38. The summed E-state index contributed by atoms with van der Waals surface area (Å²) in [6.45, 7) is 4.51. The monoisotopic (exact) mass is 294 g/mol. The fourth-order valence-corrected chi connectivity index (χ4v) is 3.35. The molecule has 1 saturated carbocycles. The quantitative estimate of drug-likeness (QED) is 0.843. The Hall–Kier alpha value is -0.570. The predicted molar refractivity (Wildman–Crippen MR) is 87.1 cm³/mol. The minimum atomic E-state index is 0.116. The third kappa shape index (κ3) is 4.47. The van der Waals surface area contributed by atoms with Crippen LogP contribution in [0.15, 0.2) is 24.3 Å². The molecule has 1 aliphatic rings. The average molecular weight is 295 g/mol. The first-order chi connectivity index (χ1) is 9.70. The van der Waals surface area contributed by atoms with E-state index in [1.165, 1.54) is 37.7 Å². The Morgan fingerprint density at radius 1 is 1.20 bits per heavy atom. The maximum Gasteiger partial charge on any atom is 0.0406 e. The van der Waals surface area contributed by atoms with Crippen LogP contribution >= 0.6 is 11.6 Å². The molecule has 2 N–H and O–H groups in total. The fraction of sp³-hybridized carbons (Fsp3) is 0.647. The van der Waals surface area contributed by atoms with Gasteiger partial charge in [-0.05, 0) is 43.5 Å². The van der Waals surface area contributed by atoms with E-state index in [1.807, 2.05) is 24.3 Å². The van der Waals surface area contributed by atoms with Crippen molar-refractivity contribution in [2.45, 2.75) is 57.5 Å². The maximum atomic E-state index is 6.31. The van der Waals surface area contributed by atoms with E-state index in [0.29, 0.717) is 0 Å². The molecule has 20 heavy (non-hydrogen) atoms. The second-order valence-electron chi connectivity index (χ2n) is 5.87. The molecule has 3 heteroatoms. The van der Waals surface area contributed by atoms with E-state index in [9.17, 15) is 0 Å². The number of hydrogen-bond donors (Lipinski definition) is 1. The zero-order valence-corrected chi connectivity index (χ0v) is 13.3. The molecular formula is C17H27ClN2. The summed E-state index contributed by atoms with van der Waals surface area (Å²) in [5, 5.41) is 0.776. The van der Waals surface area contributed by atoms with Crippen molar-refractivity contribution in [3.8, 4) is 0 Å². The van der Waals surface area contributed by atoms with E-state index in [4.69, 9.17) is 17.3 Å². The molecule has 112 valence electrons. The first-order valence-corrected chi connectivity index (χ1v) is 8.33. The standard InChI is InChI=1S/C17H27ClN2/c1-2-20(16-6-4-3-5-7-16)13-12-17(19)14-8-10-15(18)11-9-14/h8-11,16-17H,2-7,12-13,19H2,1H3. The molecule has 0 saturated heterocycles. The molecule has 2 rings (SSSR count). The van der Waals surface area contributed by atoms with Gasteiger partial charge in [-0.3, -0.25) is 0 Å². The van der Waals surface area contributed by atoms with Crippen molar-refractivity contribution in [3.05, 3.63) is 34.9 Å². The highest BCUT2D eigenvalue weighted by Crippen LogP contribution is 2.24. The zero-order chi connectivity index (χ0) is 14.4. The Bertz CT molecular complexity index is 384. The van der Waals surface area contributed by atoms with Crippen molar-refractivity contribution in [2.75, 3.05) is 13.1 Å². The van der Waals surface area contributed by atoms with Crippen LogP contribution in [0.5, 0.6) is 0 Å². The number of rotatable bonds is 6. The summed E-state index contributed by atoms with van der Waals surface area (Å²) in [5.74, 6) is 0. The topological polar surface area (TPSA) is 29.3 Å². The van der Waals surface area contributed by atoms with Gasteiger partial charge in [-0.15, -0.1) is 0 Å². The van der Waals surface area contributed by atoms with Crippen molar-refractivity contribution >= 4 is 11.6 Å². The van der Waals surface area contributed by atoms with E-state index >= 15 is 0 Å². The highest BCUT2D eigenvalue weighted by Gasteiger charge is 2.20. The predicted octanol–water partition coefficient (Wildman–Crippen LogP) is 4.38. The van der Waals surface area contributed by atoms with Crippen LogP contribution in [0.25, 0.3) is 0 Å². The second-order valence-corrected chi connectivity index (χ2v) is 6.30. The Balaban J connectivity index is 1.84. The van der Waals surface area contributed by atoms with Crippen LogP contribution in [0, 0.1) is 0 Å². The maximum absolute atomic E-state index is 6.31. The smallest absolute Gasteiger partial charge is 0.0406 e. The lowest BCUT2D eigenvalue weighted by molar-refractivity contribution is 0.159. The molecule has 1 atom stereocenters. The first kappa shape index (κ1) is 15.8. The third-order valence-electron chi connectivity index (χ3n) is 4.52. The average Bonchev–Trinajstić information content (AvgIpc) is 2.49. The number of hydrogen-bond acceptors (Lipinski definition) is 2. The molecule has 0 spiro atoms. The zero-order valence-electron chi connectivity index (χ0n) is 12.5. The van der Waals surface area contributed by atoms with Gasteiger partial charge in [-0.2, -0.15) is 0 Å². The van der Waals surface area contributed by atoms with E-state index in [2.05, 4.69) is 11.8 Å². The van der Waals surface area contributed by atoms with Crippen molar-refractivity contribution in [1.29, 1.82) is 0 Å². The van der Waals surface area contributed by atoms with Crippen LogP contribution in [0.4, 0.5) is 0 Å². The minimum Gasteiger partial charge on any atom is -0.324 e. The molecule has 0 amide bonds. The summed E-state index contributed by atoms with van der Waals surface area (Å²) in [5.41, 5.74) is 7.50. The molecule has 0 heterocycles. The van der Waals surface area contributed by atoms with Gasteiger partial charge in [-0.25, -0.2) is 0 Å². The highest BCUT2D eigenvalue weighted by molar-refractivity contribution is 6.30. The van der Waals surface area contributed by atoms with Gasteiger partial charge < -0.3 is 10.6 Å². The van der Waals surface area contributed by atoms with Gasteiger partial charge in [-0.1, -0.05) is 49.9 Å². The molecule has 1 fully saturated rings. The van der Waals surface area contributed by atoms with Crippen LogP contribution < -0.4 is 5.73 Å². The van der Waals surface area contributed by atoms with E-state index in [1.54, 1.807) is 0 Å². The first-order valence-electron chi connectivity index (χ1n) is 7.95. The van der Waals surface area contributed by atoms with Crippen molar-refractivity contribution in [1.82, 2.24) is 4.90 Å². The van der Waals surface area contributed by atoms with E-state index < -0.39 is 0 Å². The number of nitrogens with zero attached hydrogens (tertiary/aromatic N) is 1. The number of halogens is 1. The molecule has 0 radical (unpaired) electrons. The Morgan fingerprint density at radius 3 is 2.45 bits per heavy atom. The second kappa shape index (κ2) is 8.02. The van der Waals surface area contributed by atoms with Crippen LogP contribution in [0.1, 0.15) is 57.1 Å². The van der Waals surface area contributed by atoms with E-state index in [0.717, 1.165) is 30.6 Å². The molecule has 0 aromatic heterocycles. The fourth-order valence-electron chi connectivity index (χ4n) is 3.23. The van der Waals surface area contributed by atoms with Crippen molar-refractivity contribution < 1.29 is 0 Å². The number of benzene rings is 1. The van der Waals surface area contributed by atoms with Crippen LogP contribution in [0.2, 0.25) is 5.02 Å². The normalized spacial score (nSPS) is 18.4. The molecule has 0 aliphatic heterocycles. The van der Waals surface area contributed by atoms with Gasteiger partial charge in [0.2, 0.25) is 0 Å². The van der Waals surface area contributed by atoms with Crippen LogP contribution in [-0.2, 0) is 0 Å². The highest BCUT2D eigenvalue weighted by atomic mass is 35.5.